The van der Waals surface area contributed by atoms with E-state index in [1.165, 1.54) is 18.5 Å². The van der Waals surface area contributed by atoms with Gasteiger partial charge in [0.05, 0.1) is 18.3 Å². The van der Waals surface area contributed by atoms with Gasteiger partial charge in [0, 0.05) is 32.1 Å². The number of benzene rings is 1. The van der Waals surface area contributed by atoms with Crippen LogP contribution in [0.3, 0.4) is 0 Å². The van der Waals surface area contributed by atoms with Crippen LogP contribution in [-0.4, -0.2) is 75.9 Å². The number of hydrogen-bond donors (Lipinski definition) is 4. The molecule has 2 heterocycles. The third-order valence-electron chi connectivity index (χ3n) is 6.33. The van der Waals surface area contributed by atoms with E-state index in [4.69, 9.17) is 5.73 Å². The lowest BCUT2D eigenvalue weighted by molar-refractivity contribution is -0.137. The van der Waals surface area contributed by atoms with Crippen LogP contribution in [-0.2, 0) is 17.5 Å². The number of hydrogen-bond acceptors (Lipinski definition) is 8. The minimum absolute atomic E-state index is 0.00230. The first-order chi connectivity index (χ1) is 17.0. The number of likely N-dealkylation sites (tertiary alicyclic amines) is 1. The molecule has 3 rings (SSSR count). The van der Waals surface area contributed by atoms with E-state index >= 15 is 4.39 Å². The maximum Gasteiger partial charge on any atom is 0.416 e. The molecule has 0 radical (unpaired) electrons. The number of aliphatic hydroxyl groups is 2. The normalized spacial score (nSPS) is 19.6. The minimum atomic E-state index is -4.44. The number of alkyl halides is 3. The summed E-state index contributed by atoms with van der Waals surface area (Å²) in [6, 6.07) is 3.78. The maximum absolute atomic E-state index is 15.3. The van der Waals surface area contributed by atoms with Crippen molar-refractivity contribution < 1.29 is 32.6 Å². The molecule has 3 atom stereocenters. The number of nitrogens with two attached hydrogens (primary N) is 1. The topological polar surface area (TPSA) is 128 Å². The van der Waals surface area contributed by atoms with Gasteiger partial charge in [0.15, 0.2) is 11.6 Å². The smallest absolute Gasteiger partial charge is 0.394 e. The fourth-order valence-corrected chi connectivity index (χ4v) is 4.20. The highest BCUT2D eigenvalue weighted by molar-refractivity contribution is 5.80. The Balaban J connectivity index is 1.64. The number of nitrogens with one attached hydrogen (secondary N) is 1. The van der Waals surface area contributed by atoms with Gasteiger partial charge in [-0.2, -0.15) is 17.6 Å². The SMILES string of the molecule is CCN(Cc1ccc(C(F)(F)F)cc1)c1ncnc(NC[C@H]2CCN([C@H](CO)C(N)=O)C[C@@H]2O)c1F. The summed E-state index contributed by atoms with van der Waals surface area (Å²) in [5.41, 5.74) is 5.09. The highest BCUT2D eigenvalue weighted by Crippen LogP contribution is 2.30. The number of anilines is 2. The number of carbonyl (C=O) groups is 1. The number of aromatic nitrogens is 2. The van der Waals surface area contributed by atoms with Gasteiger partial charge in [0.1, 0.15) is 12.4 Å². The number of piperidine rings is 1. The van der Waals surface area contributed by atoms with E-state index in [1.807, 2.05) is 0 Å². The lowest BCUT2D eigenvalue weighted by Gasteiger charge is -2.38. The number of nitrogens with zero attached hydrogens (tertiary/aromatic N) is 4. The van der Waals surface area contributed by atoms with Crippen molar-refractivity contribution in [3.8, 4) is 0 Å². The van der Waals surface area contributed by atoms with E-state index < -0.39 is 42.2 Å². The van der Waals surface area contributed by atoms with Crippen molar-refractivity contribution in [3.05, 3.63) is 47.5 Å². The fourth-order valence-electron chi connectivity index (χ4n) is 4.20. The van der Waals surface area contributed by atoms with Gasteiger partial charge in [-0.05, 0) is 37.6 Å². The summed E-state index contributed by atoms with van der Waals surface area (Å²) < 4.78 is 53.7. The van der Waals surface area contributed by atoms with Crippen LogP contribution in [0.2, 0.25) is 0 Å². The van der Waals surface area contributed by atoms with Crippen LogP contribution in [0.15, 0.2) is 30.6 Å². The van der Waals surface area contributed by atoms with Gasteiger partial charge in [-0.3, -0.25) is 9.69 Å². The van der Waals surface area contributed by atoms with Gasteiger partial charge < -0.3 is 26.2 Å². The van der Waals surface area contributed by atoms with Gasteiger partial charge in [-0.25, -0.2) is 9.97 Å². The van der Waals surface area contributed by atoms with E-state index in [9.17, 15) is 28.2 Å². The van der Waals surface area contributed by atoms with Crippen molar-refractivity contribution in [2.45, 2.75) is 38.2 Å². The molecular formula is C23H30F4N6O3. The molecule has 13 heteroatoms. The Kier molecular flexibility index (Phi) is 9.03. The Morgan fingerprint density at radius 2 is 2.00 bits per heavy atom. The highest BCUT2D eigenvalue weighted by Gasteiger charge is 2.33. The molecule has 0 aliphatic carbocycles. The summed E-state index contributed by atoms with van der Waals surface area (Å²) >= 11 is 0. The number of β-amino-alcohol motifs (C(OH)–C–C–N with tert-alkyl or cyclic N) is 1. The van der Waals surface area contributed by atoms with Crippen molar-refractivity contribution in [2.24, 2.45) is 11.7 Å². The fraction of sp³-hybridized carbons (Fsp3) is 0.522. The number of aliphatic hydroxyl groups excluding tert-OH is 2. The summed E-state index contributed by atoms with van der Waals surface area (Å²) in [4.78, 5) is 22.6. The zero-order valence-corrected chi connectivity index (χ0v) is 19.7. The lowest BCUT2D eigenvalue weighted by atomic mass is 9.92. The lowest BCUT2D eigenvalue weighted by Crippen LogP contribution is -2.55. The summed E-state index contributed by atoms with van der Waals surface area (Å²) in [5, 5.41) is 22.8. The highest BCUT2D eigenvalue weighted by atomic mass is 19.4. The van der Waals surface area contributed by atoms with Crippen LogP contribution >= 0.6 is 0 Å². The third kappa shape index (κ3) is 6.59. The molecular weight excluding hydrogens is 484 g/mol. The van der Waals surface area contributed by atoms with Gasteiger partial charge in [-0.1, -0.05) is 12.1 Å². The summed E-state index contributed by atoms with van der Waals surface area (Å²) in [6.07, 6.45) is -3.61. The number of primary amides is 1. The Labute approximate surface area is 205 Å². The maximum atomic E-state index is 15.3. The molecule has 0 bridgehead atoms. The van der Waals surface area contributed by atoms with Gasteiger partial charge in [0.25, 0.3) is 0 Å². The second kappa shape index (κ2) is 11.8. The number of amides is 1. The predicted molar refractivity (Wildman–Crippen MR) is 124 cm³/mol. The molecule has 5 N–H and O–H groups in total. The number of carbonyl (C=O) groups excluding carboxylic acids is 1. The van der Waals surface area contributed by atoms with E-state index in [1.54, 1.807) is 16.7 Å². The molecule has 1 aromatic heterocycles. The quantitative estimate of drug-likeness (QED) is 0.352. The largest absolute Gasteiger partial charge is 0.416 e. The molecule has 1 fully saturated rings. The van der Waals surface area contributed by atoms with E-state index in [-0.39, 0.29) is 37.2 Å². The van der Waals surface area contributed by atoms with Crippen molar-refractivity contribution in [1.29, 1.82) is 0 Å². The zero-order chi connectivity index (χ0) is 26.5. The van der Waals surface area contributed by atoms with E-state index in [0.717, 1.165) is 12.1 Å². The van der Waals surface area contributed by atoms with E-state index in [2.05, 4.69) is 15.3 Å². The zero-order valence-electron chi connectivity index (χ0n) is 19.7. The van der Waals surface area contributed by atoms with Crippen LogP contribution < -0.4 is 16.0 Å². The molecule has 1 saturated heterocycles. The van der Waals surface area contributed by atoms with Crippen molar-refractivity contribution in [1.82, 2.24) is 14.9 Å². The first-order valence-corrected chi connectivity index (χ1v) is 11.5. The molecule has 0 unspecified atom stereocenters. The van der Waals surface area contributed by atoms with Crippen LogP contribution in [0.4, 0.5) is 29.2 Å². The second-order valence-corrected chi connectivity index (χ2v) is 8.66. The summed E-state index contributed by atoms with van der Waals surface area (Å²) in [6.45, 7) is 2.58. The number of rotatable bonds is 10. The molecule has 2 aromatic rings. The molecule has 0 saturated carbocycles. The summed E-state index contributed by atoms with van der Waals surface area (Å²) in [7, 11) is 0. The van der Waals surface area contributed by atoms with Crippen molar-refractivity contribution >= 4 is 17.5 Å². The Bertz CT molecular complexity index is 1020. The van der Waals surface area contributed by atoms with Crippen LogP contribution in [0.25, 0.3) is 0 Å². The summed E-state index contributed by atoms with van der Waals surface area (Å²) in [5.74, 6) is -1.72. The van der Waals surface area contributed by atoms with Gasteiger partial charge in [0.2, 0.25) is 11.7 Å². The molecule has 1 amide bonds. The molecule has 36 heavy (non-hydrogen) atoms. The van der Waals surface area contributed by atoms with Gasteiger partial charge in [-0.15, -0.1) is 0 Å². The van der Waals surface area contributed by atoms with Crippen LogP contribution in [0.1, 0.15) is 24.5 Å². The van der Waals surface area contributed by atoms with E-state index in [0.29, 0.717) is 25.1 Å². The minimum Gasteiger partial charge on any atom is -0.394 e. The van der Waals surface area contributed by atoms with Crippen molar-refractivity contribution in [3.63, 3.8) is 0 Å². The Morgan fingerprint density at radius 3 is 2.56 bits per heavy atom. The molecule has 1 aliphatic rings. The monoisotopic (exact) mass is 514 g/mol. The molecule has 9 nitrogen and oxygen atoms in total. The Hall–Kier alpha value is -3.03. The predicted octanol–water partition coefficient (Wildman–Crippen LogP) is 1.60. The van der Waals surface area contributed by atoms with Crippen LogP contribution in [0, 0.1) is 11.7 Å². The average Bonchev–Trinajstić information content (AvgIpc) is 2.83. The molecule has 198 valence electrons. The first-order valence-electron chi connectivity index (χ1n) is 11.5. The number of halogens is 4. The second-order valence-electron chi connectivity index (χ2n) is 8.66. The average molecular weight is 515 g/mol. The standard InChI is InChI=1S/C23H30F4N6O3/c1-2-32(10-14-3-5-16(6-4-14)23(25,26)27)22-19(24)21(30-13-31-22)29-9-15-7-8-33(11-18(15)35)17(12-34)20(28)36/h3-6,13,15,17-18,34-35H,2,7-12H2,1H3,(H2,28,36)(H,29,30,31)/t15-,17-,18+/m1/s1. The third-order valence-corrected chi connectivity index (χ3v) is 6.33. The molecule has 0 spiro atoms. The Morgan fingerprint density at radius 1 is 1.31 bits per heavy atom. The molecule has 1 aromatic carbocycles. The van der Waals surface area contributed by atoms with Crippen molar-refractivity contribution in [2.75, 3.05) is 43.0 Å². The van der Waals surface area contributed by atoms with Gasteiger partial charge >= 0.3 is 6.18 Å². The first kappa shape index (κ1) is 27.6. The molecule has 1 aliphatic heterocycles. The van der Waals surface area contributed by atoms with Crippen LogP contribution in [0.5, 0.6) is 0 Å².